The Hall–Kier alpha value is -2.44. The molecular weight excluding hydrogens is 428 g/mol. The van der Waals surface area contributed by atoms with Gasteiger partial charge >= 0.3 is 0 Å². The normalized spacial score (nSPS) is 21.4. The lowest BCUT2D eigenvalue weighted by Gasteiger charge is -2.47. The molecule has 0 aromatic heterocycles. The lowest BCUT2D eigenvalue weighted by molar-refractivity contribution is 0.0689. The lowest BCUT2D eigenvalue weighted by atomic mass is 9.74. The van der Waals surface area contributed by atoms with Crippen LogP contribution in [0.2, 0.25) is 0 Å². The Morgan fingerprint density at radius 2 is 1.09 bits per heavy atom. The number of hydrogen-bond donors (Lipinski definition) is 0. The molecule has 2 heterocycles. The molecule has 2 atom stereocenters. The van der Waals surface area contributed by atoms with E-state index in [1.807, 2.05) is 0 Å². The Bertz CT molecular complexity index is 931. The van der Waals surface area contributed by atoms with E-state index in [0.717, 1.165) is 61.8 Å². The van der Waals surface area contributed by atoms with Gasteiger partial charge in [-0.25, -0.2) is 0 Å². The van der Waals surface area contributed by atoms with Crippen LogP contribution >= 0.6 is 0 Å². The molecule has 4 rings (SSSR count). The van der Waals surface area contributed by atoms with Crippen molar-refractivity contribution in [2.24, 2.45) is 5.92 Å². The molecule has 0 spiro atoms. The van der Waals surface area contributed by atoms with E-state index in [9.17, 15) is 0 Å². The second kappa shape index (κ2) is 10.4. The van der Waals surface area contributed by atoms with Crippen LogP contribution in [-0.4, -0.2) is 65.4 Å². The molecule has 0 bridgehead atoms. The molecule has 6 heteroatoms. The molecule has 2 aromatic rings. The molecule has 2 unspecified atom stereocenters. The fourth-order valence-corrected chi connectivity index (χ4v) is 6.14. The van der Waals surface area contributed by atoms with Crippen LogP contribution in [0.3, 0.4) is 0 Å². The Labute approximate surface area is 204 Å². The van der Waals surface area contributed by atoms with Crippen molar-refractivity contribution in [3.8, 4) is 23.0 Å². The first kappa shape index (κ1) is 24.7. The van der Waals surface area contributed by atoms with Crippen molar-refractivity contribution in [1.29, 1.82) is 0 Å². The third-order valence-electron chi connectivity index (χ3n) is 7.78. The maximum absolute atomic E-state index is 5.72. The van der Waals surface area contributed by atoms with Gasteiger partial charge in [0.1, 0.15) is 0 Å². The molecule has 0 N–H and O–H groups in total. The average molecular weight is 469 g/mol. The van der Waals surface area contributed by atoms with Crippen molar-refractivity contribution < 1.29 is 18.9 Å². The maximum Gasteiger partial charge on any atom is 0.161 e. The van der Waals surface area contributed by atoms with Gasteiger partial charge in [-0.3, -0.25) is 9.80 Å². The SMILES string of the molecule is CCCC(C1c2cc(OC)c(OC)cc2CCN1C)C1c2cc(OC)c(OC)cc2CCN1C. The molecule has 2 aliphatic heterocycles. The van der Waals surface area contributed by atoms with E-state index < -0.39 is 0 Å². The van der Waals surface area contributed by atoms with E-state index in [1.54, 1.807) is 28.4 Å². The van der Waals surface area contributed by atoms with Gasteiger partial charge in [-0.2, -0.15) is 0 Å². The van der Waals surface area contributed by atoms with Crippen molar-refractivity contribution in [3.05, 3.63) is 46.5 Å². The predicted octanol–water partition coefficient (Wildman–Crippen LogP) is 4.90. The van der Waals surface area contributed by atoms with E-state index >= 15 is 0 Å². The lowest BCUT2D eigenvalue weighted by Crippen LogP contribution is -2.44. The monoisotopic (exact) mass is 468 g/mol. The molecule has 0 radical (unpaired) electrons. The summed E-state index contributed by atoms with van der Waals surface area (Å²) in [5.41, 5.74) is 5.47. The Morgan fingerprint density at radius 1 is 0.706 bits per heavy atom. The second-order valence-electron chi connectivity index (χ2n) is 9.62. The van der Waals surface area contributed by atoms with Crippen molar-refractivity contribution in [2.75, 3.05) is 55.6 Å². The largest absolute Gasteiger partial charge is 0.493 e. The molecule has 0 amide bonds. The molecule has 34 heavy (non-hydrogen) atoms. The second-order valence-corrected chi connectivity index (χ2v) is 9.62. The van der Waals surface area contributed by atoms with Gasteiger partial charge in [-0.05, 0) is 85.8 Å². The van der Waals surface area contributed by atoms with Crippen LogP contribution in [0, 0.1) is 5.92 Å². The van der Waals surface area contributed by atoms with E-state index in [4.69, 9.17) is 18.9 Å². The van der Waals surface area contributed by atoms with Gasteiger partial charge in [0.25, 0.3) is 0 Å². The first-order valence-electron chi connectivity index (χ1n) is 12.4. The highest BCUT2D eigenvalue weighted by Crippen LogP contribution is 2.49. The fraction of sp³-hybridized carbons (Fsp3) is 0.571. The number of fused-ring (bicyclic) bond motifs is 2. The van der Waals surface area contributed by atoms with Crippen molar-refractivity contribution >= 4 is 0 Å². The molecule has 0 aliphatic carbocycles. The standard InChI is InChI=1S/C28H40N2O4/c1-8-9-20(27-21-16-25(33-6)23(31-4)14-18(21)10-12-29(27)2)28-22-17-26(34-7)24(32-5)15-19(22)11-13-30(28)3/h14-17,20,27-28H,8-13H2,1-7H3. The number of methoxy groups -OCH3 is 4. The summed E-state index contributed by atoms with van der Waals surface area (Å²) in [5, 5.41) is 0. The predicted molar refractivity (Wildman–Crippen MR) is 136 cm³/mol. The van der Waals surface area contributed by atoms with Crippen molar-refractivity contribution in [1.82, 2.24) is 9.80 Å². The summed E-state index contributed by atoms with van der Waals surface area (Å²) in [5.74, 6) is 3.65. The molecule has 2 aromatic carbocycles. The maximum atomic E-state index is 5.72. The molecule has 186 valence electrons. The number of ether oxygens (including phenoxy) is 4. The summed E-state index contributed by atoms with van der Waals surface area (Å²) in [6, 6.07) is 9.38. The molecule has 0 saturated heterocycles. The van der Waals surface area contributed by atoms with Crippen LogP contribution in [-0.2, 0) is 12.8 Å². The quantitative estimate of drug-likeness (QED) is 0.549. The van der Waals surface area contributed by atoms with E-state index in [-0.39, 0.29) is 12.1 Å². The summed E-state index contributed by atoms with van der Waals surface area (Å²) in [6.45, 7) is 4.36. The van der Waals surface area contributed by atoms with Gasteiger partial charge in [0.05, 0.1) is 28.4 Å². The van der Waals surface area contributed by atoms with Crippen LogP contribution in [0.1, 0.15) is 54.1 Å². The highest BCUT2D eigenvalue weighted by Gasteiger charge is 2.41. The number of likely N-dealkylation sites (N-methyl/N-ethyl adjacent to an activating group) is 2. The van der Waals surface area contributed by atoms with Gasteiger partial charge in [0.15, 0.2) is 23.0 Å². The zero-order valence-corrected chi connectivity index (χ0v) is 21.8. The molecular formula is C28H40N2O4. The van der Waals surface area contributed by atoms with Crippen LogP contribution in [0.5, 0.6) is 23.0 Å². The topological polar surface area (TPSA) is 43.4 Å². The number of nitrogens with zero attached hydrogens (tertiary/aromatic N) is 2. The minimum absolute atomic E-state index is 0.287. The first-order chi connectivity index (χ1) is 16.5. The third-order valence-corrected chi connectivity index (χ3v) is 7.78. The number of rotatable bonds is 8. The minimum Gasteiger partial charge on any atom is -0.493 e. The zero-order valence-electron chi connectivity index (χ0n) is 21.8. The van der Waals surface area contributed by atoms with Crippen LogP contribution in [0.15, 0.2) is 24.3 Å². The zero-order chi connectivity index (χ0) is 24.4. The Kier molecular flexibility index (Phi) is 7.58. The third kappa shape index (κ3) is 4.34. The Morgan fingerprint density at radius 3 is 1.44 bits per heavy atom. The van der Waals surface area contributed by atoms with Crippen molar-refractivity contribution in [3.63, 3.8) is 0 Å². The molecule has 0 fully saturated rings. The minimum atomic E-state index is 0.287. The highest BCUT2D eigenvalue weighted by atomic mass is 16.5. The highest BCUT2D eigenvalue weighted by molar-refractivity contribution is 5.52. The summed E-state index contributed by atoms with van der Waals surface area (Å²) in [7, 11) is 11.4. The van der Waals surface area contributed by atoms with Crippen LogP contribution in [0.4, 0.5) is 0 Å². The van der Waals surface area contributed by atoms with Gasteiger partial charge in [-0.15, -0.1) is 0 Å². The Balaban J connectivity index is 1.85. The van der Waals surface area contributed by atoms with E-state index in [0.29, 0.717) is 5.92 Å². The van der Waals surface area contributed by atoms with Gasteiger partial charge in [0.2, 0.25) is 0 Å². The van der Waals surface area contributed by atoms with E-state index in [2.05, 4.69) is 55.1 Å². The fourth-order valence-electron chi connectivity index (χ4n) is 6.14. The van der Waals surface area contributed by atoms with Gasteiger partial charge in [-0.1, -0.05) is 13.3 Å². The average Bonchev–Trinajstić information content (AvgIpc) is 2.86. The van der Waals surface area contributed by atoms with E-state index in [1.165, 1.54) is 22.3 Å². The van der Waals surface area contributed by atoms with Gasteiger partial charge in [0, 0.05) is 25.2 Å². The van der Waals surface area contributed by atoms with Crippen LogP contribution in [0.25, 0.3) is 0 Å². The van der Waals surface area contributed by atoms with Crippen molar-refractivity contribution in [2.45, 2.75) is 44.7 Å². The van der Waals surface area contributed by atoms with Gasteiger partial charge < -0.3 is 18.9 Å². The number of hydrogen-bond acceptors (Lipinski definition) is 6. The molecule has 2 aliphatic rings. The summed E-state index contributed by atoms with van der Waals surface area (Å²) in [4.78, 5) is 5.08. The summed E-state index contributed by atoms with van der Waals surface area (Å²) >= 11 is 0. The summed E-state index contributed by atoms with van der Waals surface area (Å²) in [6.07, 6.45) is 4.30. The van der Waals surface area contributed by atoms with Crippen LogP contribution < -0.4 is 18.9 Å². The smallest absolute Gasteiger partial charge is 0.161 e. The number of benzene rings is 2. The summed E-state index contributed by atoms with van der Waals surface area (Å²) < 4.78 is 22.7. The molecule has 6 nitrogen and oxygen atoms in total. The molecule has 0 saturated carbocycles. The first-order valence-corrected chi connectivity index (χ1v) is 12.4.